The third kappa shape index (κ3) is 2.80. The number of anilines is 2. The van der Waals surface area contributed by atoms with Gasteiger partial charge in [-0.05, 0) is 98.3 Å². The van der Waals surface area contributed by atoms with E-state index >= 15 is 0 Å². The second-order valence-corrected chi connectivity index (χ2v) is 9.67. The zero-order valence-corrected chi connectivity index (χ0v) is 19.9. The molecule has 0 bridgehead atoms. The van der Waals surface area contributed by atoms with Gasteiger partial charge in [0.15, 0.2) is 0 Å². The molecule has 3 aromatic rings. The highest BCUT2D eigenvalue weighted by molar-refractivity contribution is 6.81. The van der Waals surface area contributed by atoms with Crippen LogP contribution in [0.3, 0.4) is 0 Å². The lowest BCUT2D eigenvalue weighted by molar-refractivity contribution is -0.151. The molecule has 0 fully saturated rings. The summed E-state index contributed by atoms with van der Waals surface area (Å²) in [6, 6.07) is 13.1. The number of rotatable bonds is 3. The number of benzene rings is 3. The molecule has 0 saturated heterocycles. The van der Waals surface area contributed by atoms with Gasteiger partial charge in [-0.1, -0.05) is 24.3 Å². The third-order valence-electron chi connectivity index (χ3n) is 7.86. The summed E-state index contributed by atoms with van der Waals surface area (Å²) in [6.07, 6.45) is 1.49. The van der Waals surface area contributed by atoms with E-state index in [1.54, 1.807) is 0 Å². The summed E-state index contributed by atoms with van der Waals surface area (Å²) in [5, 5.41) is 6.42. The fourth-order valence-electron chi connectivity index (χ4n) is 6.07. The first-order chi connectivity index (χ1) is 15.3. The minimum absolute atomic E-state index is 0.0504. The van der Waals surface area contributed by atoms with Gasteiger partial charge in [0.05, 0.1) is 12.5 Å². The molecule has 1 unspecified atom stereocenters. The number of nitrogens with one attached hydrogen (secondary N) is 1. The Kier molecular flexibility index (Phi) is 4.77. The van der Waals surface area contributed by atoms with Crippen molar-refractivity contribution in [1.29, 1.82) is 0 Å². The van der Waals surface area contributed by atoms with Crippen molar-refractivity contribution in [2.24, 2.45) is 5.41 Å². The third-order valence-corrected chi connectivity index (χ3v) is 7.86. The Morgan fingerprint density at radius 2 is 1.72 bits per heavy atom. The largest absolute Gasteiger partial charge is 0.469 e. The quantitative estimate of drug-likeness (QED) is 0.488. The second kappa shape index (κ2) is 7.30. The minimum atomic E-state index is -0.486. The van der Waals surface area contributed by atoms with Gasteiger partial charge >= 0.3 is 13.0 Å². The normalized spacial score (nSPS) is 19.2. The Bertz CT molecular complexity index is 1260. The van der Waals surface area contributed by atoms with Crippen LogP contribution in [0.2, 0.25) is 0 Å². The molecule has 0 aromatic heterocycles. The van der Waals surface area contributed by atoms with Gasteiger partial charge in [-0.25, -0.2) is 0 Å². The molecule has 0 radical (unpaired) electrons. The first kappa shape index (κ1) is 20.9. The summed E-state index contributed by atoms with van der Waals surface area (Å²) in [7, 11) is 1.50. The molecule has 1 aliphatic carbocycles. The highest BCUT2D eigenvalue weighted by Gasteiger charge is 2.44. The van der Waals surface area contributed by atoms with Crippen LogP contribution in [0.5, 0.6) is 0 Å². The van der Waals surface area contributed by atoms with E-state index in [1.165, 1.54) is 62.5 Å². The Labute approximate surface area is 191 Å². The number of methoxy groups -OCH3 is 1. The Morgan fingerprint density at radius 3 is 2.38 bits per heavy atom. The standard InChI is InChI=1S/C27H31BN2O2/c1-7-30-23-13-9-11-19-10-8-12-22(24(19)23)29-28(30)25-17(3)16(2)20-14-27(5,26(31)32-6)15-21(20)18(25)4/h8-13,29H,7,14-15H2,1-6H3. The number of esters is 1. The molecular formula is C27H31BN2O2. The molecule has 1 aliphatic heterocycles. The molecule has 1 N–H and O–H groups in total. The molecule has 1 atom stereocenters. The van der Waals surface area contributed by atoms with E-state index in [2.05, 4.69) is 74.1 Å². The fraction of sp³-hybridized carbons (Fsp3) is 0.370. The number of nitrogens with zero attached hydrogens (tertiary/aromatic N) is 1. The average Bonchev–Trinajstić information content (AvgIpc) is 3.17. The smallest absolute Gasteiger partial charge is 0.409 e. The van der Waals surface area contributed by atoms with Gasteiger partial charge in [0, 0.05) is 23.3 Å². The van der Waals surface area contributed by atoms with Crippen LogP contribution in [-0.4, -0.2) is 26.6 Å². The maximum atomic E-state index is 12.6. The summed E-state index contributed by atoms with van der Waals surface area (Å²) < 4.78 is 5.17. The zero-order chi connectivity index (χ0) is 22.8. The van der Waals surface area contributed by atoms with Gasteiger partial charge in [-0.2, -0.15) is 0 Å². The predicted octanol–water partition coefficient (Wildman–Crippen LogP) is 4.69. The first-order valence-corrected chi connectivity index (χ1v) is 11.6. The predicted molar refractivity (Wildman–Crippen MR) is 134 cm³/mol. The van der Waals surface area contributed by atoms with Crippen LogP contribution in [0.15, 0.2) is 36.4 Å². The van der Waals surface area contributed by atoms with Crippen LogP contribution in [0.1, 0.15) is 41.7 Å². The number of ether oxygens (including phenoxy) is 1. The van der Waals surface area contributed by atoms with Gasteiger partial charge in [-0.3, -0.25) is 4.79 Å². The molecule has 5 rings (SSSR count). The van der Waals surface area contributed by atoms with Crippen LogP contribution in [-0.2, 0) is 22.4 Å². The van der Waals surface area contributed by atoms with Gasteiger partial charge in [0.1, 0.15) is 0 Å². The van der Waals surface area contributed by atoms with E-state index < -0.39 is 5.41 Å². The maximum absolute atomic E-state index is 12.6. The minimum Gasteiger partial charge on any atom is -0.469 e. The van der Waals surface area contributed by atoms with Crippen molar-refractivity contribution in [3.05, 3.63) is 64.2 Å². The maximum Gasteiger partial charge on any atom is 0.409 e. The molecule has 3 aromatic carbocycles. The molecule has 164 valence electrons. The summed E-state index contributed by atoms with van der Waals surface area (Å²) >= 11 is 0. The Balaban J connectivity index is 1.68. The molecule has 0 spiro atoms. The molecule has 0 saturated carbocycles. The number of hydrogen-bond donors (Lipinski definition) is 1. The number of carbonyl (C=O) groups excluding carboxylic acids is 1. The SMILES string of the molecule is CCN1B(c2c(C)c(C)c3c(c2C)CC(C)(C(=O)OC)C3)Nc2cccc3cccc1c23. The topological polar surface area (TPSA) is 41.6 Å². The Morgan fingerprint density at radius 1 is 1.06 bits per heavy atom. The van der Waals surface area contributed by atoms with Gasteiger partial charge in [0.2, 0.25) is 0 Å². The van der Waals surface area contributed by atoms with E-state index in [0.717, 1.165) is 19.4 Å². The fourth-order valence-corrected chi connectivity index (χ4v) is 6.07. The molecule has 0 amide bonds. The van der Waals surface area contributed by atoms with Crippen molar-refractivity contribution in [2.75, 3.05) is 23.7 Å². The van der Waals surface area contributed by atoms with E-state index in [0.29, 0.717) is 0 Å². The summed E-state index contributed by atoms with van der Waals surface area (Å²) in [5.41, 5.74) is 9.90. The summed E-state index contributed by atoms with van der Waals surface area (Å²) in [5.74, 6) is -0.113. The Hall–Kier alpha value is -2.95. The number of carbonyl (C=O) groups is 1. The molecular weight excluding hydrogens is 395 g/mol. The van der Waals surface area contributed by atoms with Crippen LogP contribution in [0, 0.1) is 26.2 Å². The summed E-state index contributed by atoms with van der Waals surface area (Å²) in [4.78, 5) is 15.1. The van der Waals surface area contributed by atoms with Gasteiger partial charge in [0.25, 0.3) is 0 Å². The van der Waals surface area contributed by atoms with Crippen molar-refractivity contribution in [3.8, 4) is 0 Å². The van der Waals surface area contributed by atoms with Crippen molar-refractivity contribution in [1.82, 2.24) is 0 Å². The lowest BCUT2D eigenvalue weighted by Gasteiger charge is -2.38. The van der Waals surface area contributed by atoms with Crippen molar-refractivity contribution in [3.63, 3.8) is 0 Å². The average molecular weight is 426 g/mol. The van der Waals surface area contributed by atoms with Crippen LogP contribution >= 0.6 is 0 Å². The molecule has 5 heteroatoms. The van der Waals surface area contributed by atoms with Gasteiger partial charge < -0.3 is 14.8 Å². The molecule has 32 heavy (non-hydrogen) atoms. The van der Waals surface area contributed by atoms with Crippen LogP contribution in [0.25, 0.3) is 10.8 Å². The van der Waals surface area contributed by atoms with E-state index in [1.807, 2.05) is 6.92 Å². The lowest BCUT2D eigenvalue weighted by atomic mass is 9.59. The highest BCUT2D eigenvalue weighted by atomic mass is 16.5. The second-order valence-electron chi connectivity index (χ2n) is 9.67. The molecule has 4 nitrogen and oxygen atoms in total. The van der Waals surface area contributed by atoms with Crippen molar-refractivity contribution in [2.45, 2.75) is 47.5 Å². The van der Waals surface area contributed by atoms with E-state index in [-0.39, 0.29) is 13.0 Å². The van der Waals surface area contributed by atoms with Crippen LogP contribution in [0.4, 0.5) is 11.4 Å². The molecule has 1 heterocycles. The van der Waals surface area contributed by atoms with E-state index in [9.17, 15) is 4.79 Å². The monoisotopic (exact) mass is 426 g/mol. The van der Waals surface area contributed by atoms with Crippen molar-refractivity contribution < 1.29 is 9.53 Å². The lowest BCUT2D eigenvalue weighted by Crippen LogP contribution is -2.58. The zero-order valence-electron chi connectivity index (χ0n) is 19.9. The summed E-state index contributed by atoms with van der Waals surface area (Å²) in [6.45, 7) is 11.9. The first-order valence-electron chi connectivity index (χ1n) is 11.6. The molecule has 2 aliphatic rings. The van der Waals surface area contributed by atoms with E-state index in [4.69, 9.17) is 4.74 Å². The highest BCUT2D eigenvalue weighted by Crippen LogP contribution is 2.42. The van der Waals surface area contributed by atoms with Crippen molar-refractivity contribution >= 4 is 40.6 Å². The van der Waals surface area contributed by atoms with Gasteiger partial charge in [-0.15, -0.1) is 0 Å². The number of hydrogen-bond acceptors (Lipinski definition) is 4. The number of fused-ring (bicyclic) bond motifs is 1. The van der Waals surface area contributed by atoms with Crippen LogP contribution < -0.4 is 15.5 Å².